The summed E-state index contributed by atoms with van der Waals surface area (Å²) in [4.78, 5) is 0. The van der Waals surface area contributed by atoms with E-state index in [1.807, 2.05) is 0 Å². The maximum Gasteiger partial charge on any atom is 0.325 e. The van der Waals surface area contributed by atoms with Gasteiger partial charge in [-0.3, -0.25) is 0 Å². The molecule has 0 radical (unpaired) electrons. The molecule has 37 heavy (non-hydrogen) atoms. The van der Waals surface area contributed by atoms with Gasteiger partial charge in [0, 0.05) is 6.61 Å². The van der Waals surface area contributed by atoms with Crippen LogP contribution in [0.25, 0.3) is 0 Å². The molecule has 0 aromatic rings. The zero-order valence-electron chi connectivity index (χ0n) is 25.4. The zero-order chi connectivity index (χ0) is 27.2. The van der Waals surface area contributed by atoms with Crippen molar-refractivity contribution in [3.8, 4) is 0 Å². The van der Waals surface area contributed by atoms with Gasteiger partial charge in [0.2, 0.25) is 0 Å². The Hall–Kier alpha value is 1.06. The van der Waals surface area contributed by atoms with E-state index in [1.54, 1.807) is 0 Å². The summed E-state index contributed by atoms with van der Waals surface area (Å²) >= 11 is 0. The molecule has 0 amide bonds. The van der Waals surface area contributed by atoms with E-state index in [0.29, 0.717) is 12.2 Å². The summed E-state index contributed by atoms with van der Waals surface area (Å²) in [6, 6.07) is 6.68. The van der Waals surface area contributed by atoms with Crippen LogP contribution in [-0.2, 0) is 25.6 Å². The Labute approximate surface area is 234 Å². The van der Waals surface area contributed by atoms with Crippen molar-refractivity contribution in [2.75, 3.05) is 6.61 Å². The molecule has 3 saturated heterocycles. The lowest BCUT2D eigenvalue weighted by atomic mass is 9.88. The standard InChI is InChI=1S/C25H56O6Si6/c1-32(2)18-20-36(8)26-15-10-11-16-35(7,17-14-23-12-13-24-25(22-23)27-24)30-37(9,31-36)21-19-33(3,4)29-34(5,6)28-32/h23-25H,10-22H2,1-9H3. The second kappa shape index (κ2) is 11.4. The highest BCUT2D eigenvalue weighted by Crippen LogP contribution is 2.43. The van der Waals surface area contributed by atoms with Gasteiger partial charge in [0.25, 0.3) is 0 Å². The molecule has 4 fully saturated rings. The molecule has 1 saturated carbocycles. The molecule has 0 spiro atoms. The van der Waals surface area contributed by atoms with E-state index in [4.69, 9.17) is 25.6 Å². The Balaban J connectivity index is 1.56. The first-order valence-corrected chi connectivity index (χ1v) is 32.0. The van der Waals surface area contributed by atoms with Crippen LogP contribution in [0.3, 0.4) is 0 Å². The monoisotopic (exact) mass is 620 g/mol. The lowest BCUT2D eigenvalue weighted by molar-refractivity contribution is 0.212. The molecule has 3 heterocycles. The van der Waals surface area contributed by atoms with Gasteiger partial charge in [-0.05, 0) is 127 Å². The van der Waals surface area contributed by atoms with Gasteiger partial charge in [-0.15, -0.1) is 0 Å². The van der Waals surface area contributed by atoms with Crippen molar-refractivity contribution in [3.63, 3.8) is 0 Å². The second-order valence-corrected chi connectivity index (χ2v) is 38.6. The number of rotatable bonds is 3. The molecule has 6 atom stereocenters. The topological polar surface area (TPSA) is 58.7 Å². The molecule has 6 nitrogen and oxygen atoms in total. The van der Waals surface area contributed by atoms with Gasteiger partial charge in [0.1, 0.15) is 0 Å². The summed E-state index contributed by atoms with van der Waals surface area (Å²) < 4.78 is 41.1. The third-order valence-electron chi connectivity index (χ3n) is 9.00. The predicted molar refractivity (Wildman–Crippen MR) is 166 cm³/mol. The normalized spacial score (nSPS) is 44.5. The van der Waals surface area contributed by atoms with Crippen LogP contribution in [0.2, 0.25) is 95.2 Å². The average Bonchev–Trinajstić information content (AvgIpc) is 3.52. The van der Waals surface area contributed by atoms with Gasteiger partial charge >= 0.3 is 25.7 Å². The third kappa shape index (κ3) is 9.28. The van der Waals surface area contributed by atoms with Crippen LogP contribution in [-0.4, -0.2) is 69.4 Å². The molecule has 2 bridgehead atoms. The first-order chi connectivity index (χ1) is 17.0. The maximum atomic E-state index is 7.50. The Morgan fingerprint density at radius 3 is 1.92 bits per heavy atom. The fourth-order valence-electron chi connectivity index (χ4n) is 7.14. The summed E-state index contributed by atoms with van der Waals surface area (Å²) in [5, 5.41) is 0. The van der Waals surface area contributed by atoms with Crippen molar-refractivity contribution in [1.29, 1.82) is 0 Å². The highest BCUT2D eigenvalue weighted by molar-refractivity contribution is 6.91. The molecular weight excluding hydrogens is 565 g/mol. The fourth-order valence-corrected chi connectivity index (χ4v) is 41.2. The first-order valence-electron chi connectivity index (χ1n) is 15.1. The van der Waals surface area contributed by atoms with Crippen molar-refractivity contribution >= 4 is 50.6 Å². The first kappa shape index (κ1) is 31.0. The maximum absolute atomic E-state index is 7.50. The fraction of sp³-hybridized carbons (Fsp3) is 1.00. The summed E-state index contributed by atoms with van der Waals surface area (Å²) in [7, 11) is -12.8. The minimum Gasteiger partial charge on any atom is -0.437 e. The third-order valence-corrected chi connectivity index (χ3v) is 34.3. The largest absolute Gasteiger partial charge is 0.437 e. The molecule has 0 N–H and O–H groups in total. The lowest BCUT2D eigenvalue weighted by Gasteiger charge is -2.46. The Morgan fingerprint density at radius 1 is 0.622 bits per heavy atom. The predicted octanol–water partition coefficient (Wildman–Crippen LogP) is 7.67. The van der Waals surface area contributed by atoms with Crippen LogP contribution in [0.1, 0.15) is 38.5 Å². The van der Waals surface area contributed by atoms with E-state index in [1.165, 1.54) is 44.2 Å². The van der Waals surface area contributed by atoms with Crippen LogP contribution in [0, 0.1) is 5.92 Å². The van der Waals surface area contributed by atoms with E-state index in [0.717, 1.165) is 43.1 Å². The van der Waals surface area contributed by atoms with E-state index in [2.05, 4.69) is 58.9 Å². The molecule has 216 valence electrons. The molecule has 0 aromatic carbocycles. The zero-order valence-corrected chi connectivity index (χ0v) is 31.4. The molecule has 3 aliphatic heterocycles. The van der Waals surface area contributed by atoms with Crippen LogP contribution in [0.4, 0.5) is 0 Å². The number of fused-ring (bicyclic) bond motifs is 3. The Bertz CT molecular complexity index is 802. The van der Waals surface area contributed by atoms with Crippen LogP contribution < -0.4 is 0 Å². The molecule has 4 aliphatic rings. The summed E-state index contributed by atoms with van der Waals surface area (Å²) in [6.45, 7) is 22.1. The van der Waals surface area contributed by atoms with Crippen LogP contribution in [0.15, 0.2) is 0 Å². The minimum absolute atomic E-state index is 0.570. The van der Waals surface area contributed by atoms with Crippen molar-refractivity contribution in [3.05, 3.63) is 0 Å². The van der Waals surface area contributed by atoms with E-state index < -0.39 is 50.6 Å². The smallest absolute Gasteiger partial charge is 0.325 e. The highest BCUT2D eigenvalue weighted by Gasteiger charge is 2.51. The van der Waals surface area contributed by atoms with Gasteiger partial charge < -0.3 is 25.6 Å². The van der Waals surface area contributed by atoms with Crippen LogP contribution >= 0.6 is 0 Å². The van der Waals surface area contributed by atoms with Gasteiger partial charge in [-0.25, -0.2) is 0 Å². The van der Waals surface area contributed by atoms with E-state index in [-0.39, 0.29) is 0 Å². The summed E-state index contributed by atoms with van der Waals surface area (Å²) in [5.41, 5.74) is 0. The van der Waals surface area contributed by atoms with Gasteiger partial charge in [0.05, 0.1) is 12.2 Å². The van der Waals surface area contributed by atoms with Gasteiger partial charge in [-0.1, -0.05) is 12.8 Å². The molecule has 0 aromatic heterocycles. The second-order valence-electron chi connectivity index (χ2n) is 14.8. The summed E-state index contributed by atoms with van der Waals surface area (Å²) in [5.74, 6) is 0.820. The van der Waals surface area contributed by atoms with Crippen molar-refractivity contribution in [1.82, 2.24) is 0 Å². The quantitative estimate of drug-likeness (QED) is 0.238. The van der Waals surface area contributed by atoms with Gasteiger partial charge in [-0.2, -0.15) is 0 Å². The lowest BCUT2D eigenvalue weighted by Crippen LogP contribution is -2.60. The average molecular weight is 621 g/mol. The Kier molecular flexibility index (Phi) is 9.54. The number of epoxide rings is 1. The molecule has 1 aliphatic carbocycles. The van der Waals surface area contributed by atoms with E-state index >= 15 is 0 Å². The number of ether oxygens (including phenoxy) is 1. The molecular formula is C25H56O6Si6. The molecule has 4 rings (SSSR count). The summed E-state index contributed by atoms with van der Waals surface area (Å²) in [6.07, 6.45) is 8.71. The molecule has 12 heteroatoms. The van der Waals surface area contributed by atoms with Gasteiger partial charge in [0.15, 0.2) is 25.0 Å². The van der Waals surface area contributed by atoms with E-state index in [9.17, 15) is 0 Å². The SMILES string of the molecule is C[Si]1(C)CC[Si]2(C)OCCCC[Si](C)(CCC3CCC4OC4C3)O[Si](C)(CC[Si](C)(C)O[Si](C)(C)O1)O2. The van der Waals surface area contributed by atoms with Crippen molar-refractivity contribution in [2.24, 2.45) is 5.92 Å². The highest BCUT2D eigenvalue weighted by atomic mass is 28.5. The minimum atomic E-state index is -2.46. The molecule has 6 unspecified atom stereocenters. The number of hydrogen-bond donors (Lipinski definition) is 0. The number of hydrogen-bond acceptors (Lipinski definition) is 6. The van der Waals surface area contributed by atoms with Crippen molar-refractivity contribution in [2.45, 2.75) is 146 Å². The Morgan fingerprint density at radius 2 is 1.27 bits per heavy atom. The van der Waals surface area contributed by atoms with Crippen molar-refractivity contribution < 1.29 is 25.6 Å². The van der Waals surface area contributed by atoms with Crippen LogP contribution in [0.5, 0.6) is 0 Å².